The highest BCUT2D eigenvalue weighted by molar-refractivity contribution is 7.89. The molecule has 2 aromatic rings. The molecule has 0 radical (unpaired) electrons. The van der Waals surface area contributed by atoms with Gasteiger partial charge < -0.3 is 10.1 Å². The quantitative estimate of drug-likeness (QED) is 0.789. The lowest BCUT2D eigenvalue weighted by atomic mass is 10.2. The number of carbonyl (C=O) groups is 1. The fraction of sp³-hybridized carbons (Fsp3) is 0.235. The molecule has 0 saturated heterocycles. The summed E-state index contributed by atoms with van der Waals surface area (Å²) >= 11 is 0. The van der Waals surface area contributed by atoms with Gasteiger partial charge in [0.25, 0.3) is 0 Å². The summed E-state index contributed by atoms with van der Waals surface area (Å²) in [4.78, 5) is 12.3. The molecule has 0 bridgehead atoms. The molecule has 25 heavy (non-hydrogen) atoms. The molecule has 6 nitrogen and oxygen atoms in total. The van der Waals surface area contributed by atoms with Crippen molar-refractivity contribution in [1.82, 2.24) is 4.72 Å². The molecule has 1 unspecified atom stereocenters. The highest BCUT2D eigenvalue weighted by Gasteiger charge is 2.24. The summed E-state index contributed by atoms with van der Waals surface area (Å²) in [6.45, 7) is 1.68. The molecule has 1 amide bonds. The zero-order valence-electron chi connectivity index (χ0n) is 13.8. The molecule has 2 aromatic carbocycles. The lowest BCUT2D eigenvalue weighted by molar-refractivity contribution is -0.117. The minimum atomic E-state index is -3.94. The SMILES string of the molecule is CCC(NS(=O)(=O)c1ccc(F)cc1)C(=O)Nc1cccc(OC)c1. The zero-order valence-corrected chi connectivity index (χ0v) is 14.6. The molecule has 0 spiro atoms. The number of anilines is 1. The van der Waals surface area contributed by atoms with E-state index in [0.717, 1.165) is 24.3 Å². The standard InChI is InChI=1S/C17H19FN2O4S/c1-3-16(17(21)19-13-5-4-6-14(11-13)24-2)20-25(22,23)15-9-7-12(18)8-10-15/h4-11,16,20H,3H2,1-2H3,(H,19,21). The number of sulfonamides is 1. The third-order valence-electron chi connectivity index (χ3n) is 3.48. The van der Waals surface area contributed by atoms with Crippen LogP contribution in [0.3, 0.4) is 0 Å². The lowest BCUT2D eigenvalue weighted by Gasteiger charge is -2.17. The van der Waals surface area contributed by atoms with Crippen molar-refractivity contribution in [2.75, 3.05) is 12.4 Å². The van der Waals surface area contributed by atoms with Crippen LogP contribution in [0.25, 0.3) is 0 Å². The van der Waals surface area contributed by atoms with Gasteiger partial charge in [0, 0.05) is 11.8 Å². The van der Waals surface area contributed by atoms with E-state index < -0.39 is 27.8 Å². The van der Waals surface area contributed by atoms with Crippen LogP contribution < -0.4 is 14.8 Å². The van der Waals surface area contributed by atoms with E-state index in [0.29, 0.717) is 11.4 Å². The third kappa shape index (κ3) is 5.01. The summed E-state index contributed by atoms with van der Waals surface area (Å²) in [6.07, 6.45) is 0.246. The number of nitrogens with one attached hydrogen (secondary N) is 2. The zero-order chi connectivity index (χ0) is 18.4. The van der Waals surface area contributed by atoms with Crippen LogP contribution in [0.15, 0.2) is 53.4 Å². The first-order valence-corrected chi connectivity index (χ1v) is 9.07. The molecule has 0 aromatic heterocycles. The minimum absolute atomic E-state index is 0.110. The second-order valence-corrected chi connectivity index (χ2v) is 6.97. The molecule has 8 heteroatoms. The Morgan fingerprint density at radius 2 is 1.88 bits per heavy atom. The van der Waals surface area contributed by atoms with Crippen molar-refractivity contribution in [1.29, 1.82) is 0 Å². The molecule has 0 aliphatic rings. The van der Waals surface area contributed by atoms with E-state index in [1.54, 1.807) is 31.2 Å². The van der Waals surface area contributed by atoms with Gasteiger partial charge >= 0.3 is 0 Å². The Hall–Kier alpha value is -2.45. The van der Waals surface area contributed by atoms with Crippen molar-refractivity contribution in [3.8, 4) is 5.75 Å². The number of ether oxygens (including phenoxy) is 1. The predicted molar refractivity (Wildman–Crippen MR) is 92.4 cm³/mol. The molecule has 0 fully saturated rings. The highest BCUT2D eigenvalue weighted by Crippen LogP contribution is 2.17. The van der Waals surface area contributed by atoms with Crippen LogP contribution in [-0.2, 0) is 14.8 Å². The van der Waals surface area contributed by atoms with Crippen LogP contribution >= 0.6 is 0 Å². The average Bonchev–Trinajstić information content (AvgIpc) is 2.60. The van der Waals surface area contributed by atoms with Crippen molar-refractivity contribution < 1.29 is 22.3 Å². The summed E-state index contributed by atoms with van der Waals surface area (Å²) in [5, 5.41) is 2.64. The van der Waals surface area contributed by atoms with Crippen molar-refractivity contribution in [3.63, 3.8) is 0 Å². The van der Waals surface area contributed by atoms with Gasteiger partial charge in [0.2, 0.25) is 15.9 Å². The number of rotatable bonds is 7. The summed E-state index contributed by atoms with van der Waals surface area (Å²) in [6, 6.07) is 10.1. The first-order valence-electron chi connectivity index (χ1n) is 7.58. The monoisotopic (exact) mass is 366 g/mol. The van der Waals surface area contributed by atoms with Gasteiger partial charge in [0.15, 0.2) is 0 Å². The van der Waals surface area contributed by atoms with Crippen LogP contribution in [0.2, 0.25) is 0 Å². The van der Waals surface area contributed by atoms with Gasteiger partial charge in [-0.15, -0.1) is 0 Å². The molecular formula is C17H19FN2O4S. The number of hydrogen-bond acceptors (Lipinski definition) is 4. The van der Waals surface area contributed by atoms with Crippen molar-refractivity contribution in [2.24, 2.45) is 0 Å². The maximum absolute atomic E-state index is 12.9. The van der Waals surface area contributed by atoms with E-state index in [1.807, 2.05) is 0 Å². The summed E-state index contributed by atoms with van der Waals surface area (Å²) in [7, 11) is -2.43. The Kier molecular flexibility index (Phi) is 6.11. The molecule has 2 rings (SSSR count). The lowest BCUT2D eigenvalue weighted by Crippen LogP contribution is -2.43. The number of benzene rings is 2. The van der Waals surface area contributed by atoms with E-state index in [1.165, 1.54) is 7.11 Å². The number of halogens is 1. The largest absolute Gasteiger partial charge is 0.497 e. The van der Waals surface area contributed by atoms with Gasteiger partial charge in [-0.25, -0.2) is 12.8 Å². The third-order valence-corrected chi connectivity index (χ3v) is 4.97. The van der Waals surface area contributed by atoms with E-state index in [9.17, 15) is 17.6 Å². The Labute approximate surface area is 146 Å². The topological polar surface area (TPSA) is 84.5 Å². The van der Waals surface area contributed by atoms with E-state index in [4.69, 9.17) is 4.74 Å². The molecule has 2 N–H and O–H groups in total. The Morgan fingerprint density at radius 3 is 2.48 bits per heavy atom. The Morgan fingerprint density at radius 1 is 1.20 bits per heavy atom. The Balaban J connectivity index is 2.12. The second-order valence-electron chi connectivity index (χ2n) is 5.26. The van der Waals surface area contributed by atoms with Gasteiger partial charge in [0.05, 0.1) is 12.0 Å². The fourth-order valence-electron chi connectivity index (χ4n) is 2.12. The maximum Gasteiger partial charge on any atom is 0.242 e. The first-order chi connectivity index (χ1) is 11.9. The molecule has 1 atom stereocenters. The van der Waals surface area contributed by atoms with Gasteiger partial charge in [-0.3, -0.25) is 4.79 Å². The van der Waals surface area contributed by atoms with E-state index >= 15 is 0 Å². The summed E-state index contributed by atoms with van der Waals surface area (Å²) < 4.78 is 45.0. The fourth-order valence-corrected chi connectivity index (χ4v) is 3.40. The van der Waals surface area contributed by atoms with E-state index in [-0.39, 0.29) is 11.3 Å². The van der Waals surface area contributed by atoms with Crippen LogP contribution in [-0.4, -0.2) is 27.5 Å². The highest BCUT2D eigenvalue weighted by atomic mass is 32.2. The van der Waals surface area contributed by atoms with Crippen LogP contribution in [0, 0.1) is 5.82 Å². The Bertz CT molecular complexity index is 838. The molecule has 0 saturated carbocycles. The number of hydrogen-bond donors (Lipinski definition) is 2. The smallest absolute Gasteiger partial charge is 0.242 e. The van der Waals surface area contributed by atoms with Gasteiger partial charge in [0.1, 0.15) is 17.6 Å². The number of carbonyl (C=O) groups excluding carboxylic acids is 1. The van der Waals surface area contributed by atoms with Crippen molar-refractivity contribution in [2.45, 2.75) is 24.3 Å². The maximum atomic E-state index is 12.9. The summed E-state index contributed by atoms with van der Waals surface area (Å²) in [5.74, 6) is -0.471. The average molecular weight is 366 g/mol. The normalized spacial score (nSPS) is 12.4. The second kappa shape index (κ2) is 8.09. The van der Waals surface area contributed by atoms with Crippen molar-refractivity contribution in [3.05, 3.63) is 54.3 Å². The molecule has 134 valence electrons. The van der Waals surface area contributed by atoms with Crippen LogP contribution in [0.5, 0.6) is 5.75 Å². The van der Waals surface area contributed by atoms with Gasteiger partial charge in [-0.05, 0) is 42.8 Å². The van der Waals surface area contributed by atoms with Crippen molar-refractivity contribution >= 4 is 21.6 Å². The van der Waals surface area contributed by atoms with Gasteiger partial charge in [-0.2, -0.15) is 4.72 Å². The van der Waals surface area contributed by atoms with E-state index in [2.05, 4.69) is 10.0 Å². The number of amides is 1. The molecule has 0 aliphatic heterocycles. The molecule has 0 heterocycles. The summed E-state index contributed by atoms with van der Waals surface area (Å²) in [5.41, 5.74) is 0.490. The molecule has 0 aliphatic carbocycles. The van der Waals surface area contributed by atoms with Gasteiger partial charge in [-0.1, -0.05) is 13.0 Å². The van der Waals surface area contributed by atoms with Crippen LogP contribution in [0.4, 0.5) is 10.1 Å². The predicted octanol–water partition coefficient (Wildman–Crippen LogP) is 2.53. The number of methoxy groups -OCH3 is 1. The first kappa shape index (κ1) is 18.9. The molecular weight excluding hydrogens is 347 g/mol. The minimum Gasteiger partial charge on any atom is -0.497 e. The van der Waals surface area contributed by atoms with Crippen LogP contribution in [0.1, 0.15) is 13.3 Å².